The molecule has 3 aromatic rings. The number of pyridine rings is 1. The van der Waals surface area contributed by atoms with E-state index in [9.17, 15) is 9.90 Å². The fourth-order valence-electron chi connectivity index (χ4n) is 2.82. The standard InChI is InChI=1S/C17H17N3O2/c1-11-6-12(8-14-10-19-20-17(11)14)7-13(9-16(21)22)15-4-2-3-5-18-15/h2-6,8,10,13H,7,9H2,1H3,(H,19,20)(H,21,22). The highest BCUT2D eigenvalue weighted by atomic mass is 16.4. The summed E-state index contributed by atoms with van der Waals surface area (Å²) < 4.78 is 0. The maximum atomic E-state index is 11.2. The monoisotopic (exact) mass is 295 g/mol. The number of fused-ring (bicyclic) bond motifs is 1. The summed E-state index contributed by atoms with van der Waals surface area (Å²) in [5.41, 5.74) is 4.05. The summed E-state index contributed by atoms with van der Waals surface area (Å²) in [5.74, 6) is -0.945. The Morgan fingerprint density at radius 2 is 2.23 bits per heavy atom. The molecule has 0 aliphatic heterocycles. The molecule has 0 bridgehead atoms. The van der Waals surface area contributed by atoms with E-state index in [0.717, 1.165) is 27.7 Å². The van der Waals surface area contributed by atoms with Crippen LogP contribution < -0.4 is 0 Å². The van der Waals surface area contributed by atoms with Crippen LogP contribution in [0.2, 0.25) is 0 Å². The Hall–Kier alpha value is -2.69. The smallest absolute Gasteiger partial charge is 0.304 e. The van der Waals surface area contributed by atoms with E-state index in [-0.39, 0.29) is 12.3 Å². The average molecular weight is 295 g/mol. The highest BCUT2D eigenvalue weighted by Gasteiger charge is 2.18. The molecule has 1 atom stereocenters. The fourth-order valence-corrected chi connectivity index (χ4v) is 2.82. The molecule has 5 heteroatoms. The van der Waals surface area contributed by atoms with Crippen LogP contribution in [0.1, 0.15) is 29.2 Å². The van der Waals surface area contributed by atoms with Gasteiger partial charge in [-0.3, -0.25) is 14.9 Å². The van der Waals surface area contributed by atoms with Gasteiger partial charge in [-0.1, -0.05) is 12.1 Å². The lowest BCUT2D eigenvalue weighted by Gasteiger charge is -2.15. The minimum atomic E-state index is -0.809. The van der Waals surface area contributed by atoms with E-state index in [1.807, 2.05) is 25.1 Å². The zero-order chi connectivity index (χ0) is 15.5. The van der Waals surface area contributed by atoms with Crippen molar-refractivity contribution >= 4 is 16.9 Å². The van der Waals surface area contributed by atoms with Gasteiger partial charge in [-0.2, -0.15) is 5.10 Å². The number of hydrogen-bond donors (Lipinski definition) is 2. The third kappa shape index (κ3) is 2.98. The summed E-state index contributed by atoms with van der Waals surface area (Å²) in [6, 6.07) is 9.75. The number of carboxylic acids is 1. The van der Waals surface area contributed by atoms with Gasteiger partial charge in [0.1, 0.15) is 0 Å². The summed E-state index contributed by atoms with van der Waals surface area (Å²) in [7, 11) is 0. The van der Waals surface area contributed by atoms with E-state index >= 15 is 0 Å². The molecule has 0 spiro atoms. The molecule has 0 saturated heterocycles. The summed E-state index contributed by atoms with van der Waals surface area (Å²) in [6.45, 7) is 2.02. The molecular formula is C17H17N3O2. The lowest BCUT2D eigenvalue weighted by atomic mass is 9.91. The number of rotatable bonds is 5. The maximum absolute atomic E-state index is 11.2. The molecule has 2 heterocycles. The summed E-state index contributed by atoms with van der Waals surface area (Å²) in [4.78, 5) is 15.5. The largest absolute Gasteiger partial charge is 0.481 e. The second-order valence-corrected chi connectivity index (χ2v) is 5.50. The van der Waals surface area contributed by atoms with Crippen molar-refractivity contribution in [2.45, 2.75) is 25.7 Å². The van der Waals surface area contributed by atoms with Crippen LogP contribution in [0.15, 0.2) is 42.7 Å². The number of carboxylic acid groups (broad SMARTS) is 1. The van der Waals surface area contributed by atoms with Crippen LogP contribution in [0.25, 0.3) is 10.9 Å². The van der Waals surface area contributed by atoms with Gasteiger partial charge < -0.3 is 5.11 Å². The van der Waals surface area contributed by atoms with Crippen LogP contribution in [-0.2, 0) is 11.2 Å². The number of benzene rings is 1. The van der Waals surface area contributed by atoms with Crippen LogP contribution in [0, 0.1) is 6.92 Å². The van der Waals surface area contributed by atoms with Gasteiger partial charge in [0.25, 0.3) is 0 Å². The van der Waals surface area contributed by atoms with Gasteiger partial charge >= 0.3 is 5.97 Å². The van der Waals surface area contributed by atoms with Gasteiger partial charge in [0.2, 0.25) is 0 Å². The number of nitrogens with one attached hydrogen (secondary N) is 1. The molecule has 2 N–H and O–H groups in total. The maximum Gasteiger partial charge on any atom is 0.304 e. The second-order valence-electron chi connectivity index (χ2n) is 5.50. The Morgan fingerprint density at radius 1 is 1.36 bits per heavy atom. The van der Waals surface area contributed by atoms with Gasteiger partial charge in [-0.05, 0) is 42.7 Å². The van der Waals surface area contributed by atoms with E-state index in [1.54, 1.807) is 12.4 Å². The zero-order valence-corrected chi connectivity index (χ0v) is 12.3. The van der Waals surface area contributed by atoms with E-state index in [4.69, 9.17) is 0 Å². The van der Waals surface area contributed by atoms with Crippen molar-refractivity contribution in [3.8, 4) is 0 Å². The normalized spacial score (nSPS) is 12.4. The van der Waals surface area contributed by atoms with Gasteiger partial charge in [-0.25, -0.2) is 0 Å². The van der Waals surface area contributed by atoms with Crippen molar-refractivity contribution in [2.75, 3.05) is 0 Å². The molecule has 0 radical (unpaired) electrons. The first kappa shape index (κ1) is 14.3. The number of H-pyrrole nitrogens is 1. The van der Waals surface area contributed by atoms with Gasteiger partial charge in [0.05, 0.1) is 18.1 Å². The van der Waals surface area contributed by atoms with Crippen LogP contribution in [0.5, 0.6) is 0 Å². The van der Waals surface area contributed by atoms with Crippen LogP contribution in [0.4, 0.5) is 0 Å². The molecule has 1 aromatic carbocycles. The highest BCUT2D eigenvalue weighted by molar-refractivity contribution is 5.82. The number of aliphatic carboxylic acids is 1. The van der Waals surface area contributed by atoms with Crippen molar-refractivity contribution in [3.63, 3.8) is 0 Å². The SMILES string of the molecule is Cc1cc(CC(CC(=O)O)c2ccccn2)cc2cn[nH]c12. The minimum Gasteiger partial charge on any atom is -0.481 e. The molecule has 0 aliphatic carbocycles. The van der Waals surface area contributed by atoms with E-state index in [1.165, 1.54) is 0 Å². The molecule has 22 heavy (non-hydrogen) atoms. The molecule has 3 rings (SSSR count). The van der Waals surface area contributed by atoms with Gasteiger partial charge in [0, 0.05) is 23.2 Å². The third-order valence-electron chi connectivity index (χ3n) is 3.81. The second kappa shape index (κ2) is 5.97. The number of aromatic amines is 1. The van der Waals surface area contributed by atoms with E-state index in [0.29, 0.717) is 6.42 Å². The van der Waals surface area contributed by atoms with E-state index < -0.39 is 5.97 Å². The van der Waals surface area contributed by atoms with Crippen molar-refractivity contribution in [2.24, 2.45) is 0 Å². The summed E-state index contributed by atoms with van der Waals surface area (Å²) in [5, 5.41) is 17.3. The molecule has 0 saturated carbocycles. The van der Waals surface area contributed by atoms with Crippen molar-refractivity contribution in [3.05, 3.63) is 59.5 Å². The van der Waals surface area contributed by atoms with Crippen molar-refractivity contribution < 1.29 is 9.90 Å². The molecule has 0 amide bonds. The molecule has 1 unspecified atom stereocenters. The van der Waals surface area contributed by atoms with Gasteiger partial charge in [0.15, 0.2) is 0 Å². The minimum absolute atomic E-state index is 0.0689. The quantitative estimate of drug-likeness (QED) is 0.758. The van der Waals surface area contributed by atoms with Crippen molar-refractivity contribution in [1.82, 2.24) is 15.2 Å². The highest BCUT2D eigenvalue weighted by Crippen LogP contribution is 2.26. The number of nitrogens with zero attached hydrogens (tertiary/aromatic N) is 2. The fraction of sp³-hybridized carbons (Fsp3) is 0.235. The Labute approximate surface area is 128 Å². The van der Waals surface area contributed by atoms with Crippen LogP contribution in [-0.4, -0.2) is 26.3 Å². The Bertz CT molecular complexity index is 796. The number of carbonyl (C=O) groups is 1. The first-order chi connectivity index (χ1) is 10.6. The zero-order valence-electron chi connectivity index (χ0n) is 12.3. The number of aromatic nitrogens is 3. The third-order valence-corrected chi connectivity index (χ3v) is 3.81. The number of hydrogen-bond acceptors (Lipinski definition) is 3. The lowest BCUT2D eigenvalue weighted by Crippen LogP contribution is -2.10. The first-order valence-electron chi connectivity index (χ1n) is 7.19. The van der Waals surface area contributed by atoms with Gasteiger partial charge in [-0.15, -0.1) is 0 Å². The molecule has 112 valence electrons. The summed E-state index contributed by atoms with van der Waals surface area (Å²) in [6.07, 6.45) is 4.21. The predicted octanol–water partition coefficient (Wildman–Crippen LogP) is 3.07. The van der Waals surface area contributed by atoms with Crippen molar-refractivity contribution in [1.29, 1.82) is 0 Å². The molecule has 5 nitrogen and oxygen atoms in total. The van der Waals surface area contributed by atoms with E-state index in [2.05, 4.69) is 27.3 Å². The Balaban J connectivity index is 1.93. The average Bonchev–Trinajstić information content (AvgIpc) is 2.96. The number of aryl methyl sites for hydroxylation is 1. The Kier molecular flexibility index (Phi) is 3.87. The molecule has 0 fully saturated rings. The lowest BCUT2D eigenvalue weighted by molar-refractivity contribution is -0.137. The topological polar surface area (TPSA) is 78.9 Å². The van der Waals surface area contributed by atoms with Crippen LogP contribution in [0.3, 0.4) is 0 Å². The molecular weight excluding hydrogens is 278 g/mol. The first-order valence-corrected chi connectivity index (χ1v) is 7.19. The summed E-state index contributed by atoms with van der Waals surface area (Å²) >= 11 is 0. The van der Waals surface area contributed by atoms with Crippen LogP contribution >= 0.6 is 0 Å². The Morgan fingerprint density at radius 3 is 2.95 bits per heavy atom. The predicted molar refractivity (Wildman–Crippen MR) is 83.8 cm³/mol. The molecule has 2 aromatic heterocycles. The molecule has 0 aliphatic rings.